The van der Waals surface area contributed by atoms with E-state index in [2.05, 4.69) is 20.8 Å². The zero-order chi connectivity index (χ0) is 12.0. The summed E-state index contributed by atoms with van der Waals surface area (Å²) < 4.78 is 11.3. The summed E-state index contributed by atoms with van der Waals surface area (Å²) in [6.45, 7) is 0.289. The fourth-order valence-electron chi connectivity index (χ4n) is 1.06. The number of nitrogens with zero attached hydrogens (tertiary/aromatic N) is 4. The van der Waals surface area contributed by atoms with Gasteiger partial charge in [-0.25, -0.2) is 4.68 Å². The van der Waals surface area contributed by atoms with Gasteiger partial charge in [-0.15, -0.1) is 5.10 Å². The number of amides is 1. The number of aryl methyl sites for hydroxylation is 1. The first-order chi connectivity index (χ1) is 7.67. The summed E-state index contributed by atoms with van der Waals surface area (Å²) in [5.41, 5.74) is 0. The number of tetrazole rings is 1. The van der Waals surface area contributed by atoms with Crippen molar-refractivity contribution >= 4 is 5.91 Å². The zero-order valence-corrected chi connectivity index (χ0v) is 9.51. The summed E-state index contributed by atoms with van der Waals surface area (Å²) >= 11 is 0. The molecule has 0 aliphatic rings. The third kappa shape index (κ3) is 3.55. The molecule has 1 N–H and O–H groups in total. The Kier molecular flexibility index (Phi) is 4.80. The van der Waals surface area contributed by atoms with Crippen LogP contribution in [0.3, 0.4) is 0 Å². The molecule has 0 unspecified atom stereocenters. The summed E-state index contributed by atoms with van der Waals surface area (Å²) in [5, 5.41) is 13.4. The molecule has 0 saturated heterocycles. The lowest BCUT2D eigenvalue weighted by molar-refractivity contribution is -0.127. The van der Waals surface area contributed by atoms with Crippen LogP contribution in [0.4, 0.5) is 0 Å². The van der Waals surface area contributed by atoms with E-state index in [-0.39, 0.29) is 18.9 Å². The van der Waals surface area contributed by atoms with Crippen LogP contribution in [-0.4, -0.2) is 53.2 Å². The van der Waals surface area contributed by atoms with Crippen LogP contribution in [0.25, 0.3) is 0 Å². The van der Waals surface area contributed by atoms with Gasteiger partial charge in [-0.05, 0) is 10.4 Å². The summed E-state index contributed by atoms with van der Waals surface area (Å²) in [4.78, 5) is 11.5. The number of carbonyl (C=O) groups is 1. The number of hydrogen-bond acceptors (Lipinski definition) is 6. The molecule has 1 aromatic rings. The highest BCUT2D eigenvalue weighted by Crippen LogP contribution is 1.92. The van der Waals surface area contributed by atoms with Crippen LogP contribution in [0.5, 0.6) is 0 Å². The minimum atomic E-state index is -0.443. The van der Waals surface area contributed by atoms with Crippen molar-refractivity contribution in [2.24, 2.45) is 7.05 Å². The van der Waals surface area contributed by atoms with E-state index in [1.807, 2.05) is 0 Å². The van der Waals surface area contributed by atoms with Gasteiger partial charge in [0.05, 0.1) is 13.0 Å². The normalized spacial score (nSPS) is 10.8. The van der Waals surface area contributed by atoms with Gasteiger partial charge in [0, 0.05) is 21.3 Å². The van der Waals surface area contributed by atoms with E-state index in [0.29, 0.717) is 5.82 Å². The number of aromatic nitrogens is 4. The molecule has 1 aromatic heterocycles. The largest absolute Gasteiger partial charge is 0.354 e. The van der Waals surface area contributed by atoms with Crippen molar-refractivity contribution in [3.8, 4) is 0 Å². The summed E-state index contributed by atoms with van der Waals surface area (Å²) in [6, 6.07) is 0. The summed E-state index contributed by atoms with van der Waals surface area (Å²) in [6.07, 6.45) is -0.314. The van der Waals surface area contributed by atoms with Crippen LogP contribution in [0.2, 0.25) is 0 Å². The molecule has 0 radical (unpaired) electrons. The molecular weight excluding hydrogens is 214 g/mol. The zero-order valence-electron chi connectivity index (χ0n) is 9.51. The van der Waals surface area contributed by atoms with Gasteiger partial charge in [0.1, 0.15) is 0 Å². The van der Waals surface area contributed by atoms with Gasteiger partial charge in [-0.2, -0.15) is 0 Å². The van der Waals surface area contributed by atoms with Gasteiger partial charge in [0.25, 0.3) is 0 Å². The van der Waals surface area contributed by atoms with E-state index in [1.54, 1.807) is 7.05 Å². The first kappa shape index (κ1) is 12.5. The standard InChI is InChI=1S/C8H15N5O3/c1-13-6(10-11-12-13)4-7(14)9-5-8(15-2)16-3/h8H,4-5H2,1-3H3,(H,9,14). The van der Waals surface area contributed by atoms with Crippen molar-refractivity contribution in [1.82, 2.24) is 25.5 Å². The van der Waals surface area contributed by atoms with Crippen molar-refractivity contribution in [3.05, 3.63) is 5.82 Å². The first-order valence-corrected chi connectivity index (χ1v) is 4.71. The highest BCUT2D eigenvalue weighted by molar-refractivity contribution is 5.77. The number of carbonyl (C=O) groups excluding carboxylic acids is 1. The lowest BCUT2D eigenvalue weighted by Gasteiger charge is -2.13. The SMILES string of the molecule is COC(CNC(=O)Cc1nnnn1C)OC. The number of nitrogens with one attached hydrogen (secondary N) is 1. The minimum absolute atomic E-state index is 0.129. The molecule has 0 atom stereocenters. The Balaban J connectivity index is 2.34. The second kappa shape index (κ2) is 6.13. The molecule has 1 amide bonds. The lowest BCUT2D eigenvalue weighted by Crippen LogP contribution is -2.35. The molecular formula is C8H15N5O3. The van der Waals surface area contributed by atoms with Gasteiger partial charge in [-0.3, -0.25) is 4.79 Å². The van der Waals surface area contributed by atoms with Gasteiger partial charge in [0.2, 0.25) is 5.91 Å². The van der Waals surface area contributed by atoms with E-state index in [9.17, 15) is 4.79 Å². The van der Waals surface area contributed by atoms with Gasteiger partial charge in [0.15, 0.2) is 12.1 Å². The third-order valence-electron chi connectivity index (χ3n) is 2.02. The van der Waals surface area contributed by atoms with E-state index in [4.69, 9.17) is 9.47 Å². The monoisotopic (exact) mass is 229 g/mol. The number of ether oxygens (including phenoxy) is 2. The summed E-state index contributed by atoms with van der Waals surface area (Å²) in [5.74, 6) is 0.320. The highest BCUT2D eigenvalue weighted by Gasteiger charge is 2.11. The van der Waals surface area contributed by atoms with Crippen molar-refractivity contribution in [2.45, 2.75) is 12.7 Å². The quantitative estimate of drug-likeness (QED) is 0.596. The predicted octanol–water partition coefficient (Wildman–Crippen LogP) is -1.51. The average Bonchev–Trinajstić information content (AvgIpc) is 2.66. The molecule has 0 aliphatic heterocycles. The molecule has 16 heavy (non-hydrogen) atoms. The van der Waals surface area contributed by atoms with Crippen LogP contribution >= 0.6 is 0 Å². The van der Waals surface area contributed by atoms with Crippen LogP contribution in [0.15, 0.2) is 0 Å². The van der Waals surface area contributed by atoms with Gasteiger partial charge < -0.3 is 14.8 Å². The number of rotatable bonds is 6. The molecule has 1 rings (SSSR count). The Bertz CT molecular complexity index is 336. The Morgan fingerprint density at radius 2 is 2.19 bits per heavy atom. The Morgan fingerprint density at radius 3 is 2.69 bits per heavy atom. The maximum absolute atomic E-state index is 11.5. The van der Waals surface area contributed by atoms with Crippen LogP contribution < -0.4 is 5.32 Å². The topological polar surface area (TPSA) is 91.2 Å². The van der Waals surface area contributed by atoms with Crippen molar-refractivity contribution in [3.63, 3.8) is 0 Å². The molecule has 0 spiro atoms. The smallest absolute Gasteiger partial charge is 0.227 e. The number of methoxy groups -OCH3 is 2. The van der Waals surface area contributed by atoms with E-state index in [1.165, 1.54) is 18.9 Å². The van der Waals surface area contributed by atoms with Crippen molar-refractivity contribution < 1.29 is 14.3 Å². The van der Waals surface area contributed by atoms with Crippen molar-refractivity contribution in [2.75, 3.05) is 20.8 Å². The Hall–Kier alpha value is -1.54. The Labute approximate surface area is 92.9 Å². The van der Waals surface area contributed by atoms with Crippen molar-refractivity contribution in [1.29, 1.82) is 0 Å². The predicted molar refractivity (Wildman–Crippen MR) is 53.3 cm³/mol. The molecule has 0 bridgehead atoms. The number of hydrogen-bond donors (Lipinski definition) is 1. The van der Waals surface area contributed by atoms with E-state index >= 15 is 0 Å². The van der Waals surface area contributed by atoms with Crippen LogP contribution in [0.1, 0.15) is 5.82 Å². The average molecular weight is 229 g/mol. The maximum Gasteiger partial charge on any atom is 0.227 e. The molecule has 0 aliphatic carbocycles. The molecule has 8 heteroatoms. The fraction of sp³-hybridized carbons (Fsp3) is 0.750. The maximum atomic E-state index is 11.5. The summed E-state index contributed by atoms with van der Waals surface area (Å²) in [7, 11) is 4.69. The lowest BCUT2D eigenvalue weighted by atomic mass is 10.4. The van der Waals surface area contributed by atoms with Crippen LogP contribution in [0, 0.1) is 0 Å². The second-order valence-corrected chi connectivity index (χ2v) is 3.10. The fourth-order valence-corrected chi connectivity index (χ4v) is 1.06. The second-order valence-electron chi connectivity index (χ2n) is 3.10. The Morgan fingerprint density at radius 1 is 1.50 bits per heavy atom. The molecule has 0 aromatic carbocycles. The third-order valence-corrected chi connectivity index (χ3v) is 2.02. The minimum Gasteiger partial charge on any atom is -0.354 e. The van der Waals surface area contributed by atoms with Gasteiger partial charge in [-0.1, -0.05) is 0 Å². The molecule has 0 saturated carbocycles. The molecule has 0 fully saturated rings. The molecule has 8 nitrogen and oxygen atoms in total. The highest BCUT2D eigenvalue weighted by atomic mass is 16.7. The molecule has 1 heterocycles. The molecule has 90 valence electrons. The van der Waals surface area contributed by atoms with E-state index < -0.39 is 6.29 Å². The first-order valence-electron chi connectivity index (χ1n) is 4.71. The van der Waals surface area contributed by atoms with E-state index in [0.717, 1.165) is 0 Å². The van der Waals surface area contributed by atoms with Crippen LogP contribution in [-0.2, 0) is 27.7 Å². The van der Waals surface area contributed by atoms with Gasteiger partial charge >= 0.3 is 0 Å².